The summed E-state index contributed by atoms with van der Waals surface area (Å²) in [5.74, 6) is 0. The van der Waals surface area contributed by atoms with Gasteiger partial charge in [0.05, 0.1) is 11.4 Å². The molecule has 0 amide bonds. The summed E-state index contributed by atoms with van der Waals surface area (Å²) in [7, 11) is -3.39. The zero-order valence-electron chi connectivity index (χ0n) is 11.0. The lowest BCUT2D eigenvalue weighted by Gasteiger charge is -2.30. The predicted molar refractivity (Wildman–Crippen MR) is 65.2 cm³/mol. The molecule has 114 valence electrons. The van der Waals surface area contributed by atoms with Crippen molar-refractivity contribution in [3.8, 4) is 0 Å². The summed E-state index contributed by atoms with van der Waals surface area (Å²) in [4.78, 5) is 0. The molecular formula is C11H20F3NO3S. The Bertz CT molecular complexity index is 381. The Labute approximate surface area is 111 Å². The van der Waals surface area contributed by atoms with Crippen molar-refractivity contribution in [2.75, 3.05) is 6.61 Å². The van der Waals surface area contributed by atoms with Crippen LogP contribution in [0.4, 0.5) is 13.2 Å². The summed E-state index contributed by atoms with van der Waals surface area (Å²) >= 11 is 0. The van der Waals surface area contributed by atoms with E-state index in [4.69, 9.17) is 4.74 Å². The molecule has 4 nitrogen and oxygen atoms in total. The topological polar surface area (TPSA) is 55.4 Å². The molecule has 1 fully saturated rings. The molecule has 1 aliphatic rings. The van der Waals surface area contributed by atoms with E-state index in [9.17, 15) is 21.6 Å². The highest BCUT2D eigenvalue weighted by molar-refractivity contribution is 7.90. The summed E-state index contributed by atoms with van der Waals surface area (Å²) in [5, 5.41) is -0.552. The molecule has 0 aromatic rings. The highest BCUT2D eigenvalue weighted by Crippen LogP contribution is 2.24. The van der Waals surface area contributed by atoms with Crippen molar-refractivity contribution in [1.29, 1.82) is 0 Å². The first-order chi connectivity index (χ1) is 8.60. The number of halogens is 3. The van der Waals surface area contributed by atoms with Crippen molar-refractivity contribution in [2.45, 2.75) is 63.1 Å². The number of sulfonamides is 1. The van der Waals surface area contributed by atoms with Crippen LogP contribution in [0.5, 0.6) is 0 Å². The second-order valence-corrected chi connectivity index (χ2v) is 7.39. The smallest absolute Gasteiger partial charge is 0.369 e. The normalized spacial score (nSPS) is 25.8. The Morgan fingerprint density at radius 1 is 1.32 bits per heavy atom. The van der Waals surface area contributed by atoms with E-state index < -0.39 is 34.2 Å². The van der Waals surface area contributed by atoms with Crippen LogP contribution in [0.2, 0.25) is 0 Å². The zero-order chi connectivity index (χ0) is 14.7. The largest absolute Gasteiger partial charge is 0.411 e. The Morgan fingerprint density at radius 2 is 1.95 bits per heavy atom. The second kappa shape index (κ2) is 6.41. The van der Waals surface area contributed by atoms with E-state index in [0.717, 1.165) is 0 Å². The van der Waals surface area contributed by atoms with Crippen LogP contribution >= 0.6 is 0 Å². The number of hydrogen-bond acceptors (Lipinski definition) is 3. The summed E-state index contributed by atoms with van der Waals surface area (Å²) in [6.07, 6.45) is -2.75. The summed E-state index contributed by atoms with van der Waals surface area (Å²) in [6.45, 7) is 1.84. The van der Waals surface area contributed by atoms with Crippen LogP contribution < -0.4 is 4.72 Å². The Balaban J connectivity index is 2.47. The summed E-state index contributed by atoms with van der Waals surface area (Å²) in [5.41, 5.74) is 0. The third kappa shape index (κ3) is 6.09. The van der Waals surface area contributed by atoms with E-state index in [1.165, 1.54) is 0 Å². The molecule has 0 aliphatic heterocycles. The second-order valence-electron chi connectivity index (χ2n) is 5.12. The van der Waals surface area contributed by atoms with Gasteiger partial charge in [0.2, 0.25) is 10.0 Å². The number of hydrogen-bond donors (Lipinski definition) is 1. The molecule has 19 heavy (non-hydrogen) atoms. The lowest BCUT2D eigenvalue weighted by molar-refractivity contribution is -0.188. The summed E-state index contributed by atoms with van der Waals surface area (Å²) in [6, 6.07) is -0.334. The van der Waals surface area contributed by atoms with Gasteiger partial charge in [0.15, 0.2) is 0 Å². The molecule has 0 bridgehead atoms. The Morgan fingerprint density at radius 3 is 2.47 bits per heavy atom. The molecule has 1 saturated carbocycles. The van der Waals surface area contributed by atoms with E-state index in [-0.39, 0.29) is 6.04 Å². The Kier molecular flexibility index (Phi) is 5.64. The van der Waals surface area contributed by atoms with E-state index >= 15 is 0 Å². The predicted octanol–water partition coefficient (Wildman–Crippen LogP) is 2.20. The van der Waals surface area contributed by atoms with Crippen molar-refractivity contribution < 1.29 is 26.3 Å². The van der Waals surface area contributed by atoms with E-state index in [0.29, 0.717) is 25.7 Å². The number of rotatable bonds is 5. The van der Waals surface area contributed by atoms with Gasteiger partial charge >= 0.3 is 6.18 Å². The molecule has 1 aliphatic carbocycles. The van der Waals surface area contributed by atoms with Crippen molar-refractivity contribution in [3.05, 3.63) is 0 Å². The van der Waals surface area contributed by atoms with Crippen LogP contribution in [0, 0.1) is 0 Å². The van der Waals surface area contributed by atoms with Crippen LogP contribution in [0.1, 0.15) is 39.5 Å². The van der Waals surface area contributed by atoms with Crippen LogP contribution in [-0.2, 0) is 14.8 Å². The first-order valence-electron chi connectivity index (χ1n) is 6.29. The van der Waals surface area contributed by atoms with Gasteiger partial charge in [-0.05, 0) is 39.5 Å². The molecule has 0 radical (unpaired) electrons. The molecule has 1 rings (SSSR count). The fourth-order valence-corrected chi connectivity index (χ4v) is 2.93. The van der Waals surface area contributed by atoms with Gasteiger partial charge in [0, 0.05) is 6.04 Å². The van der Waals surface area contributed by atoms with E-state index in [2.05, 4.69) is 4.72 Å². The maximum Gasteiger partial charge on any atom is 0.411 e. The van der Waals surface area contributed by atoms with Crippen LogP contribution in [0.15, 0.2) is 0 Å². The van der Waals surface area contributed by atoms with Crippen molar-refractivity contribution in [3.63, 3.8) is 0 Å². The molecule has 0 aromatic carbocycles. The van der Waals surface area contributed by atoms with Gasteiger partial charge in [-0.3, -0.25) is 0 Å². The standard InChI is InChI=1S/C11H20F3NO3S/c1-8(2)19(16,17)15-9-4-3-5-10(6-9)18-7-11(12,13)14/h8-10,15H,3-7H2,1-2H3. The van der Waals surface area contributed by atoms with E-state index in [1.807, 2.05) is 0 Å². The maximum atomic E-state index is 12.0. The van der Waals surface area contributed by atoms with Gasteiger partial charge in [0.25, 0.3) is 0 Å². The quantitative estimate of drug-likeness (QED) is 0.847. The third-order valence-corrected chi connectivity index (χ3v) is 4.96. The molecule has 2 atom stereocenters. The molecule has 0 saturated heterocycles. The molecule has 0 aromatic heterocycles. The first kappa shape index (κ1) is 16.7. The Hall–Kier alpha value is -0.340. The van der Waals surface area contributed by atoms with Crippen LogP contribution in [-0.4, -0.2) is 38.6 Å². The van der Waals surface area contributed by atoms with Crippen molar-refractivity contribution in [1.82, 2.24) is 4.72 Å². The van der Waals surface area contributed by atoms with Crippen molar-refractivity contribution in [2.24, 2.45) is 0 Å². The van der Waals surface area contributed by atoms with Crippen LogP contribution in [0.3, 0.4) is 0 Å². The van der Waals surface area contributed by atoms with Crippen molar-refractivity contribution >= 4 is 10.0 Å². The first-order valence-corrected chi connectivity index (χ1v) is 7.84. The zero-order valence-corrected chi connectivity index (χ0v) is 11.9. The highest BCUT2D eigenvalue weighted by atomic mass is 32.2. The van der Waals surface area contributed by atoms with Crippen LogP contribution in [0.25, 0.3) is 0 Å². The van der Waals surface area contributed by atoms with Gasteiger partial charge in [0.1, 0.15) is 6.61 Å². The third-order valence-electron chi connectivity index (χ3n) is 3.06. The lowest BCUT2D eigenvalue weighted by atomic mass is 9.93. The SMILES string of the molecule is CC(C)S(=O)(=O)NC1CCCC(OCC(F)(F)F)C1. The number of nitrogens with one attached hydrogen (secondary N) is 1. The minimum atomic E-state index is -4.34. The monoisotopic (exact) mass is 303 g/mol. The minimum absolute atomic E-state index is 0.294. The fourth-order valence-electron chi connectivity index (χ4n) is 1.98. The fraction of sp³-hybridized carbons (Fsp3) is 1.00. The average Bonchev–Trinajstić information content (AvgIpc) is 2.25. The summed E-state index contributed by atoms with van der Waals surface area (Å²) < 4.78 is 66.9. The molecule has 2 unspecified atom stereocenters. The minimum Gasteiger partial charge on any atom is -0.369 e. The average molecular weight is 303 g/mol. The molecule has 1 N–H and O–H groups in total. The molecule has 8 heteroatoms. The number of alkyl halides is 3. The van der Waals surface area contributed by atoms with Gasteiger partial charge < -0.3 is 4.74 Å². The van der Waals surface area contributed by atoms with Gasteiger partial charge in [-0.1, -0.05) is 0 Å². The molecular weight excluding hydrogens is 283 g/mol. The van der Waals surface area contributed by atoms with Gasteiger partial charge in [-0.25, -0.2) is 13.1 Å². The van der Waals surface area contributed by atoms with E-state index in [1.54, 1.807) is 13.8 Å². The number of ether oxygens (including phenoxy) is 1. The van der Waals surface area contributed by atoms with Gasteiger partial charge in [-0.2, -0.15) is 13.2 Å². The van der Waals surface area contributed by atoms with Gasteiger partial charge in [-0.15, -0.1) is 0 Å². The lowest BCUT2D eigenvalue weighted by Crippen LogP contribution is -2.43. The highest BCUT2D eigenvalue weighted by Gasteiger charge is 2.32. The maximum absolute atomic E-state index is 12.0. The molecule has 0 spiro atoms. The molecule has 0 heterocycles.